The summed E-state index contributed by atoms with van der Waals surface area (Å²) in [7, 11) is -6.85. The number of carbonyl (C=O) groups is 2. The van der Waals surface area contributed by atoms with Crippen molar-refractivity contribution in [1.82, 2.24) is 0 Å². The number of esters is 2. The first-order valence-corrected chi connectivity index (χ1v) is 11.1. The lowest BCUT2D eigenvalue weighted by Gasteiger charge is -2.32. The molecule has 216 valence electrons. The van der Waals surface area contributed by atoms with E-state index >= 15 is 0 Å². The predicted molar refractivity (Wildman–Crippen MR) is 102 cm³/mol. The summed E-state index contributed by atoms with van der Waals surface area (Å²) in [6, 6.07) is 5.42. The van der Waals surface area contributed by atoms with E-state index in [2.05, 4.69) is 20.8 Å². The van der Waals surface area contributed by atoms with Gasteiger partial charge in [-0.25, -0.2) is 18.0 Å². The summed E-state index contributed by atoms with van der Waals surface area (Å²) >= 11 is 0. The first-order chi connectivity index (χ1) is 17.0. The molecule has 0 aliphatic rings. The first kappa shape index (κ1) is 33.1. The topological polar surface area (TPSA) is 119 Å². The van der Waals surface area contributed by atoms with Crippen molar-refractivity contribution in [3.63, 3.8) is 0 Å². The molecule has 0 aliphatic carbocycles. The number of hydrogen-bond acceptors (Lipinski definition) is 8. The van der Waals surface area contributed by atoms with Gasteiger partial charge in [0, 0.05) is 6.42 Å². The summed E-state index contributed by atoms with van der Waals surface area (Å²) in [4.78, 5) is 24.1. The molecule has 8 nitrogen and oxygen atoms in total. The Labute approximate surface area is 206 Å². The van der Waals surface area contributed by atoms with Crippen LogP contribution >= 0.6 is 0 Å². The fourth-order valence-electron chi connectivity index (χ4n) is 2.35. The number of benzene rings is 1. The number of unbranched alkanes of at least 4 members (excludes halogenated alkanes) is 1. The van der Waals surface area contributed by atoms with Gasteiger partial charge in [0.2, 0.25) is 0 Å². The van der Waals surface area contributed by atoms with Crippen LogP contribution in [0.2, 0.25) is 0 Å². The summed E-state index contributed by atoms with van der Waals surface area (Å²) in [6.45, 7) is 0.643. The highest BCUT2D eigenvalue weighted by atomic mass is 32.2. The van der Waals surface area contributed by atoms with Crippen molar-refractivity contribution in [2.24, 2.45) is 0 Å². The number of rotatable bonds is 12. The molecule has 0 aromatic heterocycles. The lowest BCUT2D eigenvalue weighted by atomic mass is 10.1. The van der Waals surface area contributed by atoms with Gasteiger partial charge in [-0.3, -0.25) is 0 Å². The van der Waals surface area contributed by atoms with Crippen LogP contribution in [0.15, 0.2) is 42.5 Å². The third-order valence-electron chi connectivity index (χ3n) is 4.35. The third-order valence-corrected chi connectivity index (χ3v) is 5.28. The van der Waals surface area contributed by atoms with Crippen LogP contribution in [-0.4, -0.2) is 60.8 Å². The average Bonchev–Trinajstić information content (AvgIpc) is 2.75. The summed E-state index contributed by atoms with van der Waals surface area (Å²) in [5.74, 6) is -16.5. The van der Waals surface area contributed by atoms with E-state index in [0.29, 0.717) is 0 Å². The standard InChI is InChI=1S/C19H16F10O8S/c1-11(17(22,23)24)13(30)37-16(18(25,26)27,14(31)36-12-7-3-2-4-8-12)35-10-6-5-9-15(20,21)19(28,29)38(32,33)34/h2-4,7-8H,1,5-6,9-10H2,(H,32,33,34)/p-1. The van der Waals surface area contributed by atoms with E-state index in [1.165, 1.54) is 6.07 Å². The largest absolute Gasteiger partial charge is 0.743 e. The number of ether oxygens (including phenoxy) is 3. The van der Waals surface area contributed by atoms with E-state index in [1.54, 1.807) is 0 Å². The van der Waals surface area contributed by atoms with E-state index in [0.717, 1.165) is 24.3 Å². The van der Waals surface area contributed by atoms with E-state index in [1.807, 2.05) is 0 Å². The molecule has 1 aromatic rings. The number of halogens is 10. The molecule has 1 aromatic carbocycles. The average molecular weight is 593 g/mol. The second-order valence-electron chi connectivity index (χ2n) is 7.16. The van der Waals surface area contributed by atoms with Gasteiger partial charge in [0.15, 0.2) is 10.1 Å². The van der Waals surface area contributed by atoms with Gasteiger partial charge in [0.25, 0.3) is 0 Å². The Bertz CT molecular complexity index is 1120. The maximum Gasteiger partial charge on any atom is 0.468 e. The van der Waals surface area contributed by atoms with Crippen LogP contribution in [0.3, 0.4) is 0 Å². The van der Waals surface area contributed by atoms with Gasteiger partial charge >= 0.3 is 41.3 Å². The second-order valence-corrected chi connectivity index (χ2v) is 8.58. The molecule has 0 aliphatic heterocycles. The molecule has 0 amide bonds. The Balaban J connectivity index is 3.21. The van der Waals surface area contributed by atoms with Crippen molar-refractivity contribution in [3.05, 3.63) is 42.5 Å². The molecular weight excluding hydrogens is 578 g/mol. The van der Waals surface area contributed by atoms with E-state index < -0.39 is 88.6 Å². The Hall–Kier alpha value is -2.93. The third kappa shape index (κ3) is 7.56. The summed E-state index contributed by atoms with van der Waals surface area (Å²) in [5.41, 5.74) is -2.51. The van der Waals surface area contributed by atoms with Crippen LogP contribution in [0.4, 0.5) is 43.9 Å². The molecule has 0 fully saturated rings. The van der Waals surface area contributed by atoms with Gasteiger partial charge in [-0.1, -0.05) is 24.8 Å². The predicted octanol–water partition coefficient (Wildman–Crippen LogP) is 4.47. The normalized spacial score (nSPS) is 14.9. The lowest BCUT2D eigenvalue weighted by Crippen LogP contribution is -2.59. The minimum Gasteiger partial charge on any atom is -0.743 e. The molecule has 1 unspecified atom stereocenters. The Morgan fingerprint density at radius 3 is 1.87 bits per heavy atom. The molecule has 0 heterocycles. The van der Waals surface area contributed by atoms with Crippen molar-refractivity contribution in [2.75, 3.05) is 6.61 Å². The second kappa shape index (κ2) is 11.4. The van der Waals surface area contributed by atoms with Gasteiger partial charge in [-0.05, 0) is 25.0 Å². The quantitative estimate of drug-likeness (QED) is 0.0663. The van der Waals surface area contributed by atoms with Gasteiger partial charge in [0.05, 0.1) is 6.61 Å². The van der Waals surface area contributed by atoms with Crippen LogP contribution < -0.4 is 4.74 Å². The van der Waals surface area contributed by atoms with E-state index in [4.69, 9.17) is 0 Å². The molecule has 1 atom stereocenters. The van der Waals surface area contributed by atoms with Crippen LogP contribution in [0.5, 0.6) is 5.75 Å². The van der Waals surface area contributed by atoms with Crippen LogP contribution in [0, 0.1) is 0 Å². The zero-order valence-corrected chi connectivity index (χ0v) is 19.2. The Kier molecular flexibility index (Phi) is 9.96. The van der Waals surface area contributed by atoms with Crippen LogP contribution in [-0.2, 0) is 29.2 Å². The number of alkyl halides is 10. The van der Waals surface area contributed by atoms with Crippen molar-refractivity contribution in [2.45, 2.75) is 48.6 Å². The minimum atomic E-state index is -6.85. The smallest absolute Gasteiger partial charge is 0.468 e. The number of carbonyl (C=O) groups excluding carboxylic acids is 2. The van der Waals surface area contributed by atoms with Gasteiger partial charge in [0.1, 0.15) is 11.3 Å². The Morgan fingerprint density at radius 1 is 0.895 bits per heavy atom. The highest BCUT2D eigenvalue weighted by Crippen LogP contribution is 2.42. The molecule has 38 heavy (non-hydrogen) atoms. The van der Waals surface area contributed by atoms with Crippen LogP contribution in [0.1, 0.15) is 19.3 Å². The summed E-state index contributed by atoms with van der Waals surface area (Å²) in [5, 5.41) is -6.09. The van der Waals surface area contributed by atoms with Crippen molar-refractivity contribution in [3.8, 4) is 5.75 Å². The molecule has 0 radical (unpaired) electrons. The molecular formula is C19H15F10O8S-. The van der Waals surface area contributed by atoms with Gasteiger partial charge < -0.3 is 18.8 Å². The highest BCUT2D eigenvalue weighted by Gasteiger charge is 2.68. The zero-order valence-electron chi connectivity index (χ0n) is 18.4. The van der Waals surface area contributed by atoms with Crippen molar-refractivity contribution in [1.29, 1.82) is 0 Å². The molecule has 0 N–H and O–H groups in total. The molecule has 19 heteroatoms. The minimum absolute atomic E-state index is 0.638. The Morgan fingerprint density at radius 2 is 1.42 bits per heavy atom. The summed E-state index contributed by atoms with van der Waals surface area (Å²) in [6.07, 6.45) is -16.3. The number of hydrogen-bond donors (Lipinski definition) is 0. The van der Waals surface area contributed by atoms with E-state index in [-0.39, 0.29) is 0 Å². The first-order valence-electron chi connectivity index (χ1n) is 9.68. The van der Waals surface area contributed by atoms with Crippen molar-refractivity contribution >= 4 is 22.1 Å². The molecule has 0 spiro atoms. The van der Waals surface area contributed by atoms with Crippen molar-refractivity contribution < 1.29 is 80.7 Å². The lowest BCUT2D eigenvalue weighted by molar-refractivity contribution is -0.352. The van der Waals surface area contributed by atoms with E-state index in [9.17, 15) is 66.5 Å². The monoisotopic (exact) mass is 593 g/mol. The maximum absolute atomic E-state index is 13.9. The SMILES string of the molecule is C=C(C(=O)OC(OCCCCC(F)(F)C(F)(F)S(=O)(=O)[O-])(C(=O)Oc1ccccc1)C(F)(F)F)C(F)(F)F. The van der Waals surface area contributed by atoms with Gasteiger partial charge in [-0.2, -0.15) is 43.9 Å². The fourth-order valence-corrected chi connectivity index (χ4v) is 2.82. The fraction of sp³-hybridized carbons (Fsp3) is 0.474. The molecule has 0 bridgehead atoms. The molecule has 1 rings (SSSR count). The van der Waals surface area contributed by atoms with Gasteiger partial charge in [-0.15, -0.1) is 0 Å². The number of para-hydroxylation sites is 1. The molecule has 0 saturated carbocycles. The van der Waals surface area contributed by atoms with Crippen LogP contribution in [0.25, 0.3) is 0 Å². The highest BCUT2D eigenvalue weighted by molar-refractivity contribution is 7.86. The maximum atomic E-state index is 13.9. The summed E-state index contributed by atoms with van der Waals surface area (Å²) < 4.78 is 176. The molecule has 0 saturated heterocycles. The zero-order chi connectivity index (χ0) is 29.8.